The SMILES string of the molecule is CCCCCCCC/C=C\CCCCCCCC(=O)N[C@@H](CC(=O)[O-])C(=O)[O-].[Na+].[Na+]. The Labute approximate surface area is 226 Å². The van der Waals surface area contributed by atoms with Gasteiger partial charge >= 0.3 is 59.1 Å². The van der Waals surface area contributed by atoms with Crippen LogP contribution in [0, 0.1) is 0 Å². The fourth-order valence-corrected chi connectivity index (χ4v) is 2.98. The Bertz CT molecular complexity index is 472. The zero-order valence-electron chi connectivity index (χ0n) is 19.4. The van der Waals surface area contributed by atoms with Gasteiger partial charge in [-0.3, -0.25) is 4.79 Å². The first kappa shape index (κ1) is 34.8. The van der Waals surface area contributed by atoms with E-state index in [0.717, 1.165) is 32.1 Å². The maximum absolute atomic E-state index is 11.6. The van der Waals surface area contributed by atoms with Gasteiger partial charge in [0.1, 0.15) is 0 Å². The third-order valence-corrected chi connectivity index (χ3v) is 4.66. The molecule has 0 unspecified atom stereocenters. The van der Waals surface area contributed by atoms with Gasteiger partial charge < -0.3 is 25.1 Å². The molecule has 1 amide bonds. The van der Waals surface area contributed by atoms with Gasteiger partial charge in [-0.05, 0) is 32.1 Å². The predicted octanol–water partition coefficient (Wildman–Crippen LogP) is -3.59. The van der Waals surface area contributed by atoms with E-state index in [1.807, 2.05) is 0 Å². The van der Waals surface area contributed by atoms with E-state index in [1.165, 1.54) is 44.9 Å². The largest absolute Gasteiger partial charge is 1.00 e. The van der Waals surface area contributed by atoms with Crippen molar-refractivity contribution in [2.45, 2.75) is 109 Å². The summed E-state index contributed by atoms with van der Waals surface area (Å²) in [5.74, 6) is -3.61. The van der Waals surface area contributed by atoms with Crippen molar-refractivity contribution in [3.05, 3.63) is 12.2 Å². The molecule has 0 rings (SSSR count). The van der Waals surface area contributed by atoms with Gasteiger partial charge in [0.15, 0.2) is 0 Å². The summed E-state index contributed by atoms with van der Waals surface area (Å²) < 4.78 is 0. The van der Waals surface area contributed by atoms with Gasteiger partial charge in [0.25, 0.3) is 0 Å². The van der Waals surface area contributed by atoms with E-state index in [0.29, 0.717) is 6.42 Å². The molecule has 0 bridgehead atoms. The minimum atomic E-state index is -1.61. The van der Waals surface area contributed by atoms with E-state index in [-0.39, 0.29) is 65.5 Å². The first-order valence-electron chi connectivity index (χ1n) is 10.8. The number of rotatable bonds is 19. The van der Waals surface area contributed by atoms with Gasteiger partial charge in [-0.25, -0.2) is 0 Å². The first-order valence-corrected chi connectivity index (χ1v) is 10.8. The first-order chi connectivity index (χ1) is 13.5. The molecule has 0 saturated heterocycles. The summed E-state index contributed by atoms with van der Waals surface area (Å²) >= 11 is 0. The van der Waals surface area contributed by atoms with Crippen LogP contribution in [-0.2, 0) is 14.4 Å². The Morgan fingerprint density at radius 3 is 1.70 bits per heavy atom. The van der Waals surface area contributed by atoms with Crippen LogP contribution >= 0.6 is 0 Å². The molecule has 0 spiro atoms. The Morgan fingerprint density at radius 1 is 0.767 bits per heavy atom. The number of unbranched alkanes of at least 4 members (excludes halogenated alkanes) is 11. The molecular formula is C22H37NNa2O5. The molecule has 0 radical (unpaired) electrons. The molecule has 0 aliphatic carbocycles. The Kier molecular flexibility index (Phi) is 29.4. The van der Waals surface area contributed by atoms with E-state index >= 15 is 0 Å². The van der Waals surface area contributed by atoms with Crippen LogP contribution < -0.4 is 74.6 Å². The molecule has 30 heavy (non-hydrogen) atoms. The summed E-state index contributed by atoms with van der Waals surface area (Å²) in [6.07, 6.45) is 19.0. The maximum atomic E-state index is 11.6. The molecular weight excluding hydrogens is 404 g/mol. The molecule has 0 aromatic heterocycles. The van der Waals surface area contributed by atoms with Gasteiger partial charge in [0.2, 0.25) is 5.91 Å². The maximum Gasteiger partial charge on any atom is 1.00 e. The number of carboxylic acid groups (broad SMARTS) is 2. The predicted molar refractivity (Wildman–Crippen MR) is 106 cm³/mol. The normalized spacial score (nSPS) is 11.4. The second-order valence-electron chi connectivity index (χ2n) is 7.35. The summed E-state index contributed by atoms with van der Waals surface area (Å²) in [7, 11) is 0. The monoisotopic (exact) mass is 441 g/mol. The molecule has 1 atom stereocenters. The molecule has 0 aliphatic rings. The number of hydrogen-bond acceptors (Lipinski definition) is 5. The number of carbonyl (C=O) groups is 3. The molecule has 1 N–H and O–H groups in total. The Balaban J connectivity index is -0.00000364. The molecule has 0 fully saturated rings. The number of hydrogen-bond donors (Lipinski definition) is 1. The standard InChI is InChI=1S/C22H39NO5.2Na/c1-2-3-4-5-6-7-8-9-10-11-12-13-14-15-16-17-20(24)23-19(22(27)28)18-21(25)26;;/h9-10,19H,2-8,11-18H2,1H3,(H,23,24)(H,25,26)(H,27,28);;/q;2*+1/p-2/b10-9-;;/t19-;;/m0../s1. The summed E-state index contributed by atoms with van der Waals surface area (Å²) in [6.45, 7) is 2.23. The van der Waals surface area contributed by atoms with Gasteiger partial charge in [-0.15, -0.1) is 0 Å². The van der Waals surface area contributed by atoms with E-state index in [4.69, 9.17) is 0 Å². The minimum Gasteiger partial charge on any atom is -0.550 e. The van der Waals surface area contributed by atoms with E-state index in [9.17, 15) is 24.6 Å². The average Bonchev–Trinajstić information content (AvgIpc) is 2.64. The van der Waals surface area contributed by atoms with Crippen molar-refractivity contribution in [1.29, 1.82) is 0 Å². The van der Waals surface area contributed by atoms with Crippen LogP contribution in [0.2, 0.25) is 0 Å². The summed E-state index contributed by atoms with van der Waals surface area (Å²) in [5.41, 5.74) is 0. The molecule has 0 aromatic carbocycles. The third kappa shape index (κ3) is 24.4. The molecule has 0 heterocycles. The average molecular weight is 442 g/mol. The molecule has 0 aromatic rings. The smallest absolute Gasteiger partial charge is 0.550 e. The van der Waals surface area contributed by atoms with Crippen molar-refractivity contribution in [3.8, 4) is 0 Å². The van der Waals surface area contributed by atoms with Crippen molar-refractivity contribution in [1.82, 2.24) is 5.32 Å². The van der Waals surface area contributed by atoms with Gasteiger partial charge in [-0.1, -0.05) is 70.4 Å². The summed E-state index contributed by atoms with van der Waals surface area (Å²) in [4.78, 5) is 32.9. The van der Waals surface area contributed by atoms with Gasteiger partial charge in [-0.2, -0.15) is 0 Å². The Hall–Kier alpha value is 0.150. The Morgan fingerprint density at radius 2 is 1.23 bits per heavy atom. The van der Waals surface area contributed by atoms with Crippen LogP contribution in [0.15, 0.2) is 12.2 Å². The van der Waals surface area contributed by atoms with Crippen molar-refractivity contribution >= 4 is 17.8 Å². The van der Waals surface area contributed by atoms with Crippen molar-refractivity contribution in [3.63, 3.8) is 0 Å². The number of amides is 1. The van der Waals surface area contributed by atoms with Crippen LogP contribution in [0.4, 0.5) is 0 Å². The zero-order valence-corrected chi connectivity index (χ0v) is 23.4. The van der Waals surface area contributed by atoms with Crippen LogP contribution in [0.5, 0.6) is 0 Å². The van der Waals surface area contributed by atoms with Gasteiger partial charge in [0.05, 0.1) is 12.0 Å². The second kappa shape index (κ2) is 25.4. The fourth-order valence-electron chi connectivity index (χ4n) is 2.98. The molecule has 0 aliphatic heterocycles. The van der Waals surface area contributed by atoms with Gasteiger partial charge in [0, 0.05) is 18.8 Å². The molecule has 6 nitrogen and oxygen atoms in total. The number of aliphatic carboxylic acids is 2. The van der Waals surface area contributed by atoms with Crippen LogP contribution in [0.1, 0.15) is 103 Å². The van der Waals surface area contributed by atoms with E-state index in [1.54, 1.807) is 0 Å². The summed E-state index contributed by atoms with van der Waals surface area (Å²) in [5, 5.41) is 23.4. The van der Waals surface area contributed by atoms with Crippen LogP contribution in [0.25, 0.3) is 0 Å². The summed E-state index contributed by atoms with van der Waals surface area (Å²) in [6, 6.07) is -1.53. The zero-order chi connectivity index (χ0) is 21.0. The quantitative estimate of drug-likeness (QED) is 0.127. The van der Waals surface area contributed by atoms with Crippen LogP contribution in [-0.4, -0.2) is 23.9 Å². The van der Waals surface area contributed by atoms with E-state index in [2.05, 4.69) is 24.4 Å². The molecule has 162 valence electrons. The molecule has 8 heteroatoms. The van der Waals surface area contributed by atoms with Crippen LogP contribution in [0.3, 0.4) is 0 Å². The third-order valence-electron chi connectivity index (χ3n) is 4.66. The number of carbonyl (C=O) groups excluding carboxylic acids is 3. The van der Waals surface area contributed by atoms with Crippen molar-refractivity contribution in [2.24, 2.45) is 0 Å². The fraction of sp³-hybridized carbons (Fsp3) is 0.773. The second-order valence-corrected chi connectivity index (χ2v) is 7.35. The molecule has 0 saturated carbocycles. The minimum absolute atomic E-state index is 0. The number of nitrogens with one attached hydrogen (secondary N) is 1. The number of allylic oxidation sites excluding steroid dienone is 2. The topological polar surface area (TPSA) is 109 Å². The van der Waals surface area contributed by atoms with Crippen molar-refractivity contribution < 1.29 is 83.7 Å². The van der Waals surface area contributed by atoms with Crippen molar-refractivity contribution in [2.75, 3.05) is 0 Å². The number of carboxylic acids is 2. The van der Waals surface area contributed by atoms with E-state index < -0.39 is 30.3 Å².